The molecule has 1 fully saturated rings. The summed E-state index contributed by atoms with van der Waals surface area (Å²) in [5.74, 6) is 0.755. The molecule has 25 heavy (non-hydrogen) atoms. The second kappa shape index (κ2) is 6.37. The van der Waals surface area contributed by atoms with Crippen molar-refractivity contribution in [2.45, 2.75) is 31.4 Å². The average molecular weight is 340 g/mol. The van der Waals surface area contributed by atoms with Gasteiger partial charge in [-0.2, -0.15) is 0 Å². The van der Waals surface area contributed by atoms with Gasteiger partial charge in [-0.1, -0.05) is 12.1 Å². The Morgan fingerprint density at radius 3 is 2.88 bits per heavy atom. The predicted molar refractivity (Wildman–Crippen MR) is 91.6 cm³/mol. The number of aliphatic hydroxyl groups excluding tert-OH is 1. The van der Waals surface area contributed by atoms with Gasteiger partial charge in [0.15, 0.2) is 0 Å². The largest absolute Gasteiger partial charge is 0.493 e. The number of rotatable bonds is 4. The molecule has 1 aromatic heterocycles. The molecule has 1 amide bonds. The summed E-state index contributed by atoms with van der Waals surface area (Å²) < 4.78 is 5.55. The van der Waals surface area contributed by atoms with Crippen molar-refractivity contribution in [3.63, 3.8) is 0 Å². The molecule has 6 nitrogen and oxygen atoms in total. The molecule has 0 radical (unpaired) electrons. The minimum atomic E-state index is -0.319. The van der Waals surface area contributed by atoms with Crippen LogP contribution in [0.25, 0.3) is 0 Å². The van der Waals surface area contributed by atoms with Crippen LogP contribution in [0.2, 0.25) is 0 Å². The van der Waals surface area contributed by atoms with Crippen LogP contribution in [0.4, 0.5) is 0 Å². The number of amides is 1. The monoisotopic (exact) mass is 340 g/mol. The molecule has 6 heteroatoms. The van der Waals surface area contributed by atoms with E-state index in [0.29, 0.717) is 19.4 Å². The highest BCUT2D eigenvalue weighted by atomic mass is 16.5. The molecule has 1 atom stereocenters. The smallest absolute Gasteiger partial charge is 0.268 e. The van der Waals surface area contributed by atoms with Crippen LogP contribution in [-0.2, 0) is 6.42 Å². The molecule has 1 aliphatic heterocycles. The lowest BCUT2D eigenvalue weighted by Crippen LogP contribution is -2.41. The van der Waals surface area contributed by atoms with E-state index in [1.807, 2.05) is 12.1 Å². The molecule has 0 saturated heterocycles. The molecule has 3 N–H and O–H groups in total. The number of carbonyl (C=O) groups is 1. The minimum Gasteiger partial charge on any atom is -0.493 e. The van der Waals surface area contributed by atoms with E-state index in [1.165, 1.54) is 6.07 Å². The van der Waals surface area contributed by atoms with Gasteiger partial charge >= 0.3 is 0 Å². The van der Waals surface area contributed by atoms with Gasteiger partial charge in [-0.3, -0.25) is 9.59 Å². The Balaban J connectivity index is 1.60. The zero-order chi connectivity index (χ0) is 17.4. The second-order valence-electron chi connectivity index (χ2n) is 6.73. The van der Waals surface area contributed by atoms with E-state index in [2.05, 4.69) is 16.4 Å². The van der Waals surface area contributed by atoms with Crippen molar-refractivity contribution < 1.29 is 14.6 Å². The van der Waals surface area contributed by atoms with Gasteiger partial charge < -0.3 is 20.1 Å². The lowest BCUT2D eigenvalue weighted by molar-refractivity contribution is 0.0234. The van der Waals surface area contributed by atoms with Crippen LogP contribution < -0.4 is 15.6 Å². The molecule has 1 saturated carbocycles. The first kappa shape index (κ1) is 15.9. The van der Waals surface area contributed by atoms with Crippen molar-refractivity contribution in [1.82, 2.24) is 10.3 Å². The normalized spacial score (nSPS) is 22.4. The summed E-state index contributed by atoms with van der Waals surface area (Å²) in [6.07, 6.45) is 1.87. The number of carbonyl (C=O) groups excluding carboxylic acids is 1. The van der Waals surface area contributed by atoms with E-state index in [0.717, 1.165) is 23.3 Å². The molecule has 0 bridgehead atoms. The van der Waals surface area contributed by atoms with Gasteiger partial charge in [-0.15, -0.1) is 0 Å². The van der Waals surface area contributed by atoms with Crippen molar-refractivity contribution in [2.24, 2.45) is 5.92 Å². The Kier molecular flexibility index (Phi) is 4.05. The van der Waals surface area contributed by atoms with Crippen LogP contribution in [0.3, 0.4) is 0 Å². The van der Waals surface area contributed by atoms with Crippen LogP contribution in [0, 0.1) is 5.92 Å². The van der Waals surface area contributed by atoms with Crippen molar-refractivity contribution >= 4 is 5.91 Å². The SMILES string of the molecule is O=C(NC(c1ccc2c(c1)CCO2)C1CC(O)C1)c1cccc(=O)[nH]1. The zero-order valence-corrected chi connectivity index (χ0v) is 13.7. The van der Waals surface area contributed by atoms with Gasteiger partial charge in [-0.25, -0.2) is 0 Å². The number of hydrogen-bond acceptors (Lipinski definition) is 4. The highest BCUT2D eigenvalue weighted by molar-refractivity contribution is 5.92. The number of pyridine rings is 1. The van der Waals surface area contributed by atoms with Gasteiger partial charge in [0.2, 0.25) is 5.56 Å². The standard InChI is InChI=1S/C19H20N2O4/c22-14-9-13(10-14)18(12-4-5-16-11(8-12)6-7-25-16)21-19(24)15-2-1-3-17(23)20-15/h1-5,8,13-14,18,22H,6-7,9-10H2,(H,20,23)(H,21,24). The average Bonchev–Trinajstić information content (AvgIpc) is 3.04. The number of aromatic nitrogens is 1. The van der Waals surface area contributed by atoms with Crippen LogP contribution in [0.5, 0.6) is 5.75 Å². The Hall–Kier alpha value is -2.60. The number of aromatic amines is 1. The zero-order valence-electron chi connectivity index (χ0n) is 13.7. The number of nitrogens with one attached hydrogen (secondary N) is 2. The highest BCUT2D eigenvalue weighted by Gasteiger charge is 2.36. The molecule has 1 unspecified atom stereocenters. The summed E-state index contributed by atoms with van der Waals surface area (Å²) in [4.78, 5) is 26.6. The first-order chi connectivity index (χ1) is 12.1. The van der Waals surface area contributed by atoms with Crippen molar-refractivity contribution in [3.8, 4) is 5.75 Å². The fourth-order valence-corrected chi connectivity index (χ4v) is 3.57. The fraction of sp³-hybridized carbons (Fsp3) is 0.368. The minimum absolute atomic E-state index is 0.176. The van der Waals surface area contributed by atoms with Gasteiger partial charge in [0.05, 0.1) is 18.8 Å². The maximum Gasteiger partial charge on any atom is 0.268 e. The molecule has 130 valence electrons. The van der Waals surface area contributed by atoms with Crippen molar-refractivity contribution in [1.29, 1.82) is 0 Å². The highest BCUT2D eigenvalue weighted by Crippen LogP contribution is 2.39. The molecular formula is C19H20N2O4. The predicted octanol–water partition coefficient (Wildman–Crippen LogP) is 1.55. The Morgan fingerprint density at radius 2 is 2.12 bits per heavy atom. The van der Waals surface area contributed by atoms with Crippen LogP contribution >= 0.6 is 0 Å². The van der Waals surface area contributed by atoms with Crippen molar-refractivity contribution in [2.75, 3.05) is 6.61 Å². The first-order valence-electron chi connectivity index (χ1n) is 8.54. The van der Waals surface area contributed by atoms with Gasteiger partial charge in [-0.05, 0) is 48.1 Å². The Morgan fingerprint density at radius 1 is 1.28 bits per heavy atom. The van der Waals surface area contributed by atoms with E-state index in [-0.39, 0.29) is 35.2 Å². The third-order valence-corrected chi connectivity index (χ3v) is 4.99. The van der Waals surface area contributed by atoms with Gasteiger partial charge in [0, 0.05) is 12.5 Å². The number of ether oxygens (including phenoxy) is 1. The number of aliphatic hydroxyl groups is 1. The molecule has 2 aromatic rings. The fourth-order valence-electron chi connectivity index (χ4n) is 3.57. The van der Waals surface area contributed by atoms with E-state index in [1.54, 1.807) is 12.1 Å². The number of benzene rings is 1. The van der Waals surface area contributed by atoms with Crippen LogP contribution in [0.15, 0.2) is 41.2 Å². The molecule has 2 heterocycles. The first-order valence-corrected chi connectivity index (χ1v) is 8.54. The summed E-state index contributed by atoms with van der Waals surface area (Å²) >= 11 is 0. The summed E-state index contributed by atoms with van der Waals surface area (Å²) in [5.41, 5.74) is 2.08. The molecule has 1 aliphatic carbocycles. The Bertz CT molecular complexity index is 854. The summed E-state index contributed by atoms with van der Waals surface area (Å²) in [6.45, 7) is 0.684. The summed E-state index contributed by atoms with van der Waals surface area (Å²) in [7, 11) is 0. The number of hydrogen-bond donors (Lipinski definition) is 3. The topological polar surface area (TPSA) is 91.4 Å². The summed E-state index contributed by atoms with van der Waals surface area (Å²) in [6, 6.07) is 10.3. The van der Waals surface area contributed by atoms with Gasteiger partial charge in [0.25, 0.3) is 5.91 Å². The summed E-state index contributed by atoms with van der Waals surface area (Å²) in [5, 5.41) is 12.7. The third-order valence-electron chi connectivity index (χ3n) is 4.99. The maximum atomic E-state index is 12.6. The molecule has 4 rings (SSSR count). The number of fused-ring (bicyclic) bond motifs is 1. The molecule has 0 spiro atoms. The number of H-pyrrole nitrogens is 1. The Labute approximate surface area is 144 Å². The van der Waals surface area contributed by atoms with E-state index in [9.17, 15) is 14.7 Å². The van der Waals surface area contributed by atoms with E-state index < -0.39 is 0 Å². The van der Waals surface area contributed by atoms with Crippen LogP contribution in [-0.4, -0.2) is 28.7 Å². The van der Waals surface area contributed by atoms with E-state index >= 15 is 0 Å². The van der Waals surface area contributed by atoms with Crippen LogP contribution in [0.1, 0.15) is 40.5 Å². The lowest BCUT2D eigenvalue weighted by Gasteiger charge is -2.38. The van der Waals surface area contributed by atoms with E-state index in [4.69, 9.17) is 4.74 Å². The molecule has 1 aromatic carbocycles. The molecule has 2 aliphatic rings. The third kappa shape index (κ3) is 3.17. The lowest BCUT2D eigenvalue weighted by atomic mass is 9.74. The quantitative estimate of drug-likeness (QED) is 0.787. The molecular weight excluding hydrogens is 320 g/mol. The van der Waals surface area contributed by atoms with Crippen molar-refractivity contribution in [3.05, 3.63) is 63.6 Å². The second-order valence-corrected chi connectivity index (χ2v) is 6.73. The maximum absolute atomic E-state index is 12.6. The van der Waals surface area contributed by atoms with Gasteiger partial charge in [0.1, 0.15) is 11.4 Å².